The first-order valence-corrected chi connectivity index (χ1v) is 4.52. The van der Waals surface area contributed by atoms with Gasteiger partial charge >= 0.3 is 5.97 Å². The van der Waals surface area contributed by atoms with Gasteiger partial charge in [-0.05, 0) is 22.0 Å². The van der Waals surface area contributed by atoms with Crippen LogP contribution in [-0.4, -0.2) is 31.1 Å². The summed E-state index contributed by atoms with van der Waals surface area (Å²) in [5.41, 5.74) is 1.04. The second-order valence-corrected chi connectivity index (χ2v) is 3.55. The number of halogens is 1. The molecule has 2 aromatic rings. The number of carboxylic acids is 1. The van der Waals surface area contributed by atoms with E-state index >= 15 is 0 Å². The summed E-state index contributed by atoms with van der Waals surface area (Å²) < 4.78 is 2.02. The Morgan fingerprint density at radius 1 is 1.64 bits per heavy atom. The number of rotatable bonds is 2. The van der Waals surface area contributed by atoms with E-state index < -0.39 is 5.97 Å². The van der Waals surface area contributed by atoms with Crippen molar-refractivity contribution < 1.29 is 9.90 Å². The van der Waals surface area contributed by atoms with Gasteiger partial charge in [-0.15, -0.1) is 5.10 Å². The fraction of sp³-hybridized carbons (Fsp3) is 0.143. The van der Waals surface area contributed by atoms with Crippen LogP contribution in [0.2, 0.25) is 0 Å². The predicted molar refractivity (Wildman–Crippen MR) is 50.7 cm³/mol. The van der Waals surface area contributed by atoms with Gasteiger partial charge in [0.25, 0.3) is 0 Å². The molecule has 0 atom stereocenters. The number of hydrogen-bond donors (Lipinski definition) is 1. The molecule has 1 N–H and O–H groups in total. The van der Waals surface area contributed by atoms with Crippen LogP contribution in [0.15, 0.2) is 16.7 Å². The van der Waals surface area contributed by atoms with E-state index in [2.05, 4.69) is 31.2 Å². The minimum atomic E-state index is -0.971. The first-order chi connectivity index (χ1) is 6.66. The molecule has 72 valence electrons. The Morgan fingerprint density at radius 2 is 2.43 bits per heavy atom. The highest BCUT2D eigenvalue weighted by Gasteiger charge is 2.08. The highest BCUT2D eigenvalue weighted by Crippen LogP contribution is 2.14. The third kappa shape index (κ3) is 1.58. The third-order valence-electron chi connectivity index (χ3n) is 1.60. The van der Waals surface area contributed by atoms with Gasteiger partial charge in [0.15, 0.2) is 5.65 Å². The Hall–Kier alpha value is -1.50. The van der Waals surface area contributed by atoms with Crippen molar-refractivity contribution in [1.29, 1.82) is 0 Å². The molecule has 6 nitrogen and oxygen atoms in total. The summed E-state index contributed by atoms with van der Waals surface area (Å²) in [6.07, 6.45) is 1.57. The van der Waals surface area contributed by atoms with Crippen molar-refractivity contribution in [3.05, 3.63) is 16.7 Å². The largest absolute Gasteiger partial charge is 0.480 e. The lowest BCUT2D eigenvalue weighted by Gasteiger charge is -1.95. The molecule has 0 bridgehead atoms. The lowest BCUT2D eigenvalue weighted by molar-refractivity contribution is -0.137. The number of pyridine rings is 1. The molecule has 0 aliphatic carbocycles. The zero-order valence-corrected chi connectivity index (χ0v) is 8.47. The van der Waals surface area contributed by atoms with Crippen LogP contribution in [0.1, 0.15) is 0 Å². The maximum absolute atomic E-state index is 10.5. The van der Waals surface area contributed by atoms with E-state index in [1.54, 1.807) is 12.3 Å². The number of nitrogens with zero attached hydrogens (tertiary/aromatic N) is 4. The van der Waals surface area contributed by atoms with Crippen molar-refractivity contribution in [3.63, 3.8) is 0 Å². The minimum absolute atomic E-state index is 0.231. The summed E-state index contributed by atoms with van der Waals surface area (Å²) in [6, 6.07) is 1.73. The Balaban J connectivity index is 2.52. The van der Waals surface area contributed by atoms with Crippen LogP contribution < -0.4 is 0 Å². The highest BCUT2D eigenvalue weighted by atomic mass is 79.9. The van der Waals surface area contributed by atoms with Crippen LogP contribution in [-0.2, 0) is 11.3 Å². The van der Waals surface area contributed by atoms with E-state index in [0.717, 1.165) is 4.47 Å². The Kier molecular flexibility index (Phi) is 2.16. The summed E-state index contributed by atoms with van der Waals surface area (Å²) >= 11 is 3.24. The van der Waals surface area contributed by atoms with Crippen LogP contribution in [0.3, 0.4) is 0 Å². The van der Waals surface area contributed by atoms with Crippen LogP contribution in [0.25, 0.3) is 11.2 Å². The van der Waals surface area contributed by atoms with Crippen molar-refractivity contribution in [1.82, 2.24) is 20.0 Å². The maximum Gasteiger partial charge on any atom is 0.325 e. The summed E-state index contributed by atoms with van der Waals surface area (Å²) in [6.45, 7) is -0.231. The zero-order chi connectivity index (χ0) is 10.1. The van der Waals surface area contributed by atoms with Crippen molar-refractivity contribution in [2.24, 2.45) is 0 Å². The average molecular weight is 257 g/mol. The van der Waals surface area contributed by atoms with Gasteiger partial charge in [-0.2, -0.15) is 0 Å². The van der Waals surface area contributed by atoms with Crippen LogP contribution in [0.5, 0.6) is 0 Å². The van der Waals surface area contributed by atoms with Crippen molar-refractivity contribution in [3.8, 4) is 0 Å². The molecular formula is C7H5BrN4O2. The molecule has 0 aliphatic rings. The normalized spacial score (nSPS) is 10.6. The summed E-state index contributed by atoms with van der Waals surface area (Å²) in [7, 11) is 0. The topological polar surface area (TPSA) is 80.9 Å². The smallest absolute Gasteiger partial charge is 0.325 e. The molecule has 2 heterocycles. The maximum atomic E-state index is 10.5. The first kappa shape index (κ1) is 9.07. The van der Waals surface area contributed by atoms with Crippen LogP contribution >= 0.6 is 15.9 Å². The standard InChI is InChI=1S/C7H5BrN4O2/c8-4-1-5-7(9-2-4)12(11-10-5)3-6(13)14/h1-2H,3H2,(H,13,14). The van der Waals surface area contributed by atoms with Gasteiger partial charge in [-0.3, -0.25) is 4.79 Å². The monoisotopic (exact) mass is 256 g/mol. The number of carboxylic acid groups (broad SMARTS) is 1. The molecular weight excluding hydrogens is 252 g/mol. The quantitative estimate of drug-likeness (QED) is 0.855. The van der Waals surface area contributed by atoms with Crippen molar-refractivity contribution >= 4 is 33.1 Å². The zero-order valence-electron chi connectivity index (χ0n) is 6.88. The fourth-order valence-electron chi connectivity index (χ4n) is 1.07. The summed E-state index contributed by atoms with van der Waals surface area (Å²) in [4.78, 5) is 14.5. The Bertz CT molecular complexity index is 495. The second kappa shape index (κ2) is 3.33. The average Bonchev–Trinajstić information content (AvgIpc) is 2.47. The Labute approximate surface area is 86.7 Å². The molecule has 0 radical (unpaired) electrons. The van der Waals surface area contributed by atoms with Gasteiger partial charge in [0.2, 0.25) is 0 Å². The van der Waals surface area contributed by atoms with Gasteiger partial charge in [0.05, 0.1) is 0 Å². The molecule has 14 heavy (non-hydrogen) atoms. The van der Waals surface area contributed by atoms with Gasteiger partial charge in [-0.25, -0.2) is 9.67 Å². The van der Waals surface area contributed by atoms with Gasteiger partial charge in [0, 0.05) is 10.7 Å². The SMILES string of the molecule is O=C(O)Cn1nnc2cc(Br)cnc21. The van der Waals surface area contributed by atoms with Crippen LogP contribution in [0.4, 0.5) is 0 Å². The summed E-state index contributed by atoms with van der Waals surface area (Å²) in [5.74, 6) is -0.971. The molecule has 0 saturated heterocycles. The van der Waals surface area contributed by atoms with Gasteiger partial charge in [-0.1, -0.05) is 5.21 Å². The molecule has 7 heteroatoms. The van der Waals surface area contributed by atoms with E-state index in [-0.39, 0.29) is 6.54 Å². The second-order valence-electron chi connectivity index (χ2n) is 2.64. The number of carbonyl (C=O) groups is 1. The molecule has 0 amide bonds. The predicted octanol–water partition coefficient (Wildman–Crippen LogP) is 0.673. The first-order valence-electron chi connectivity index (χ1n) is 3.73. The number of fused-ring (bicyclic) bond motifs is 1. The van der Waals surface area contributed by atoms with E-state index in [4.69, 9.17) is 5.11 Å². The molecule has 0 aliphatic heterocycles. The molecule has 2 aromatic heterocycles. The van der Waals surface area contributed by atoms with E-state index in [0.29, 0.717) is 11.2 Å². The van der Waals surface area contributed by atoms with Crippen molar-refractivity contribution in [2.75, 3.05) is 0 Å². The molecule has 0 spiro atoms. The molecule has 2 rings (SSSR count). The third-order valence-corrected chi connectivity index (χ3v) is 2.04. The van der Waals surface area contributed by atoms with E-state index in [1.165, 1.54) is 4.68 Å². The van der Waals surface area contributed by atoms with Gasteiger partial charge < -0.3 is 5.11 Å². The number of hydrogen-bond acceptors (Lipinski definition) is 4. The number of aromatic nitrogens is 4. The lowest BCUT2D eigenvalue weighted by Crippen LogP contribution is -2.10. The minimum Gasteiger partial charge on any atom is -0.480 e. The summed E-state index contributed by atoms with van der Waals surface area (Å²) in [5, 5.41) is 16.0. The lowest BCUT2D eigenvalue weighted by atomic mass is 10.4. The van der Waals surface area contributed by atoms with Gasteiger partial charge in [0.1, 0.15) is 12.1 Å². The fourth-order valence-corrected chi connectivity index (χ4v) is 1.39. The van der Waals surface area contributed by atoms with Crippen LogP contribution in [0, 0.1) is 0 Å². The molecule has 0 saturated carbocycles. The van der Waals surface area contributed by atoms with E-state index in [9.17, 15) is 4.79 Å². The molecule has 0 unspecified atom stereocenters. The molecule has 0 fully saturated rings. The van der Waals surface area contributed by atoms with Crippen molar-refractivity contribution in [2.45, 2.75) is 6.54 Å². The Morgan fingerprint density at radius 3 is 3.14 bits per heavy atom. The highest BCUT2D eigenvalue weighted by molar-refractivity contribution is 9.10. The number of aliphatic carboxylic acids is 1. The van der Waals surface area contributed by atoms with E-state index in [1.807, 2.05) is 0 Å². The molecule has 0 aromatic carbocycles.